The number of hydrogen-bond acceptors (Lipinski definition) is 5. The van der Waals surface area contributed by atoms with Crippen molar-refractivity contribution >= 4 is 5.91 Å². The summed E-state index contributed by atoms with van der Waals surface area (Å²) >= 11 is 0. The Morgan fingerprint density at radius 1 is 1.06 bits per heavy atom. The van der Waals surface area contributed by atoms with Crippen molar-refractivity contribution in [3.8, 4) is 22.8 Å². The van der Waals surface area contributed by atoms with Gasteiger partial charge in [-0.3, -0.25) is 9.78 Å². The van der Waals surface area contributed by atoms with E-state index < -0.39 is 0 Å². The number of aryl methyl sites for hydroxylation is 1. The van der Waals surface area contributed by atoms with Gasteiger partial charge in [0.05, 0.1) is 19.8 Å². The number of rotatable bonds is 5. The number of ether oxygens (including phenoxy) is 2. The van der Waals surface area contributed by atoms with Crippen LogP contribution in [0, 0.1) is 6.92 Å². The second kappa shape index (κ2) is 9.16. The number of aromatic nitrogens is 2. The Morgan fingerprint density at radius 2 is 1.94 bits per heavy atom. The molecule has 1 aromatic carbocycles. The first-order valence-corrected chi connectivity index (χ1v) is 10.5. The average Bonchev–Trinajstić information content (AvgIpc) is 2.83. The van der Waals surface area contributed by atoms with Crippen LogP contribution in [0.2, 0.25) is 0 Å². The lowest BCUT2D eigenvalue weighted by Crippen LogP contribution is -2.39. The summed E-state index contributed by atoms with van der Waals surface area (Å²) in [5.74, 6) is 1.53. The maximum atomic E-state index is 13.0. The molecule has 1 unspecified atom stereocenters. The second-order valence-electron chi connectivity index (χ2n) is 7.83. The van der Waals surface area contributed by atoms with Gasteiger partial charge in [-0.05, 0) is 61.2 Å². The first kappa shape index (κ1) is 20.8. The summed E-state index contributed by atoms with van der Waals surface area (Å²) in [6.45, 7) is 3.41. The molecule has 1 aliphatic heterocycles. The highest BCUT2D eigenvalue weighted by Gasteiger charge is 2.27. The van der Waals surface area contributed by atoms with Crippen molar-refractivity contribution < 1.29 is 14.3 Å². The molecular formula is C25H27N3O3. The van der Waals surface area contributed by atoms with E-state index in [1.165, 1.54) is 0 Å². The van der Waals surface area contributed by atoms with Crippen LogP contribution in [0.3, 0.4) is 0 Å². The lowest BCUT2D eigenvalue weighted by atomic mass is 9.92. The second-order valence-corrected chi connectivity index (χ2v) is 7.83. The predicted octanol–water partition coefficient (Wildman–Crippen LogP) is 4.49. The Balaban J connectivity index is 1.56. The fraction of sp³-hybridized carbons (Fsp3) is 0.320. The highest BCUT2D eigenvalue weighted by Crippen LogP contribution is 2.31. The third-order valence-corrected chi connectivity index (χ3v) is 5.70. The van der Waals surface area contributed by atoms with Gasteiger partial charge in [-0.1, -0.05) is 12.1 Å². The molecule has 3 aromatic rings. The third kappa shape index (κ3) is 4.68. The van der Waals surface area contributed by atoms with E-state index in [-0.39, 0.29) is 11.8 Å². The molecule has 0 aliphatic carbocycles. The Labute approximate surface area is 182 Å². The van der Waals surface area contributed by atoms with Gasteiger partial charge in [0.2, 0.25) is 5.88 Å². The van der Waals surface area contributed by atoms with E-state index >= 15 is 0 Å². The smallest absolute Gasteiger partial charge is 0.255 e. The van der Waals surface area contributed by atoms with Crippen LogP contribution in [0.15, 0.2) is 54.7 Å². The summed E-state index contributed by atoms with van der Waals surface area (Å²) < 4.78 is 10.5. The molecule has 0 N–H and O–H groups in total. The summed E-state index contributed by atoms with van der Waals surface area (Å²) in [6.07, 6.45) is 3.54. The fourth-order valence-electron chi connectivity index (χ4n) is 4.09. The number of pyridine rings is 2. The molecule has 1 amide bonds. The number of nitrogens with zero attached hydrogens (tertiary/aromatic N) is 3. The first-order chi connectivity index (χ1) is 15.1. The Morgan fingerprint density at radius 3 is 2.68 bits per heavy atom. The minimum Gasteiger partial charge on any atom is -0.497 e. The molecule has 0 bridgehead atoms. The topological polar surface area (TPSA) is 64.5 Å². The average molecular weight is 418 g/mol. The van der Waals surface area contributed by atoms with Gasteiger partial charge in [-0.25, -0.2) is 4.98 Å². The maximum absolute atomic E-state index is 13.0. The first-order valence-electron chi connectivity index (χ1n) is 10.5. The van der Waals surface area contributed by atoms with Gasteiger partial charge < -0.3 is 14.4 Å². The van der Waals surface area contributed by atoms with E-state index in [2.05, 4.69) is 23.2 Å². The lowest BCUT2D eigenvalue weighted by Gasteiger charge is -2.33. The molecule has 6 heteroatoms. The molecule has 31 heavy (non-hydrogen) atoms. The van der Waals surface area contributed by atoms with E-state index in [4.69, 9.17) is 14.5 Å². The summed E-state index contributed by atoms with van der Waals surface area (Å²) in [5.41, 5.74) is 4.79. The van der Waals surface area contributed by atoms with Crippen molar-refractivity contribution in [2.45, 2.75) is 25.7 Å². The largest absolute Gasteiger partial charge is 0.497 e. The van der Waals surface area contributed by atoms with E-state index in [0.717, 1.165) is 47.7 Å². The van der Waals surface area contributed by atoms with Gasteiger partial charge >= 0.3 is 0 Å². The summed E-state index contributed by atoms with van der Waals surface area (Å²) in [4.78, 5) is 23.9. The van der Waals surface area contributed by atoms with Gasteiger partial charge in [-0.15, -0.1) is 0 Å². The highest BCUT2D eigenvalue weighted by atomic mass is 16.5. The van der Waals surface area contributed by atoms with Crippen LogP contribution in [0.25, 0.3) is 11.1 Å². The molecule has 3 heterocycles. The van der Waals surface area contributed by atoms with Crippen LogP contribution < -0.4 is 9.47 Å². The Kier molecular flexibility index (Phi) is 6.16. The molecule has 0 saturated carbocycles. The van der Waals surface area contributed by atoms with Crippen LogP contribution in [-0.2, 0) is 0 Å². The minimum absolute atomic E-state index is 0.000486. The SMILES string of the molecule is COc1cccc(-c2cc(C)nc(C3CCCN(C(=O)c4ccc(OC)nc4)C3)c2)c1. The Hall–Kier alpha value is -3.41. The molecule has 0 radical (unpaired) electrons. The van der Waals surface area contributed by atoms with Gasteiger partial charge in [0.25, 0.3) is 5.91 Å². The number of methoxy groups -OCH3 is 2. The summed E-state index contributed by atoms with van der Waals surface area (Å²) in [6, 6.07) is 15.8. The fourth-order valence-corrected chi connectivity index (χ4v) is 4.09. The standard InChI is InChI=1S/C25H27N3O3/c1-17-12-21(18-6-4-8-22(13-18)30-2)14-23(27-17)20-7-5-11-28(16-20)25(29)19-9-10-24(31-3)26-15-19/h4,6,8-10,12-15,20H,5,7,11,16H2,1-3H3. The van der Waals surface area contributed by atoms with E-state index in [1.54, 1.807) is 32.5 Å². The van der Waals surface area contributed by atoms with Crippen LogP contribution >= 0.6 is 0 Å². The minimum atomic E-state index is 0.000486. The number of carbonyl (C=O) groups excluding carboxylic acids is 1. The van der Waals surface area contributed by atoms with E-state index in [1.807, 2.05) is 30.0 Å². The van der Waals surface area contributed by atoms with Crippen molar-refractivity contribution in [2.75, 3.05) is 27.3 Å². The maximum Gasteiger partial charge on any atom is 0.255 e. The number of benzene rings is 1. The number of hydrogen-bond donors (Lipinski definition) is 0. The van der Waals surface area contributed by atoms with Gasteiger partial charge in [0.15, 0.2) is 0 Å². The molecule has 6 nitrogen and oxygen atoms in total. The molecular weight excluding hydrogens is 390 g/mol. The zero-order valence-electron chi connectivity index (χ0n) is 18.2. The highest BCUT2D eigenvalue weighted by molar-refractivity contribution is 5.94. The molecule has 4 rings (SSSR count). The number of piperidine rings is 1. The quantitative estimate of drug-likeness (QED) is 0.612. The zero-order chi connectivity index (χ0) is 21.8. The van der Waals surface area contributed by atoms with Crippen molar-refractivity contribution in [2.24, 2.45) is 0 Å². The third-order valence-electron chi connectivity index (χ3n) is 5.70. The molecule has 1 aliphatic rings. The molecule has 1 fully saturated rings. The normalized spacial score (nSPS) is 16.1. The summed E-state index contributed by atoms with van der Waals surface area (Å²) in [7, 11) is 3.24. The molecule has 160 valence electrons. The lowest BCUT2D eigenvalue weighted by molar-refractivity contribution is 0.0705. The number of amides is 1. The van der Waals surface area contributed by atoms with Gasteiger partial charge in [-0.2, -0.15) is 0 Å². The van der Waals surface area contributed by atoms with Gasteiger partial charge in [0, 0.05) is 42.7 Å². The molecule has 1 atom stereocenters. The van der Waals surface area contributed by atoms with Crippen molar-refractivity contribution in [3.05, 3.63) is 71.7 Å². The molecule has 1 saturated heterocycles. The number of carbonyl (C=O) groups is 1. The van der Waals surface area contributed by atoms with E-state index in [9.17, 15) is 4.79 Å². The van der Waals surface area contributed by atoms with Crippen molar-refractivity contribution in [1.29, 1.82) is 0 Å². The van der Waals surface area contributed by atoms with Crippen molar-refractivity contribution in [1.82, 2.24) is 14.9 Å². The molecule has 0 spiro atoms. The van der Waals surface area contributed by atoms with Gasteiger partial charge in [0.1, 0.15) is 5.75 Å². The zero-order valence-corrected chi connectivity index (χ0v) is 18.2. The van der Waals surface area contributed by atoms with E-state index in [0.29, 0.717) is 18.0 Å². The predicted molar refractivity (Wildman–Crippen MR) is 120 cm³/mol. The van der Waals surface area contributed by atoms with Crippen LogP contribution in [0.1, 0.15) is 40.5 Å². The number of likely N-dealkylation sites (tertiary alicyclic amines) is 1. The van der Waals surface area contributed by atoms with Crippen molar-refractivity contribution in [3.63, 3.8) is 0 Å². The monoisotopic (exact) mass is 417 g/mol. The summed E-state index contributed by atoms with van der Waals surface area (Å²) in [5, 5.41) is 0. The Bertz CT molecular complexity index is 1070. The van der Waals surface area contributed by atoms with Crippen LogP contribution in [0.4, 0.5) is 0 Å². The van der Waals surface area contributed by atoms with Crippen LogP contribution in [-0.4, -0.2) is 48.1 Å². The van der Waals surface area contributed by atoms with Crippen LogP contribution in [0.5, 0.6) is 11.6 Å². The molecule has 2 aromatic heterocycles.